The van der Waals surface area contributed by atoms with Crippen molar-refractivity contribution in [1.82, 2.24) is 25.0 Å². The maximum absolute atomic E-state index is 12.7. The summed E-state index contributed by atoms with van der Waals surface area (Å²) in [6.07, 6.45) is 1.84. The molecule has 27 heavy (non-hydrogen) atoms. The van der Waals surface area contributed by atoms with Gasteiger partial charge in [-0.05, 0) is 31.4 Å². The zero-order valence-electron chi connectivity index (χ0n) is 15.3. The van der Waals surface area contributed by atoms with E-state index in [1.54, 1.807) is 10.6 Å². The summed E-state index contributed by atoms with van der Waals surface area (Å²) in [6, 6.07) is 7.16. The highest BCUT2D eigenvalue weighted by Gasteiger charge is 2.32. The lowest BCUT2D eigenvalue weighted by atomic mass is 9.95. The van der Waals surface area contributed by atoms with Crippen LogP contribution in [-0.4, -0.2) is 44.6 Å². The fraction of sp³-hybridized carbons (Fsp3) is 0.474. The lowest BCUT2D eigenvalue weighted by molar-refractivity contribution is -0.132. The Bertz CT molecular complexity index is 923. The van der Waals surface area contributed by atoms with Crippen LogP contribution in [0.1, 0.15) is 59.9 Å². The van der Waals surface area contributed by atoms with Crippen LogP contribution in [-0.2, 0) is 11.3 Å². The molecule has 0 saturated carbocycles. The topological polar surface area (TPSA) is 100 Å². The van der Waals surface area contributed by atoms with Gasteiger partial charge in [-0.1, -0.05) is 18.2 Å². The zero-order chi connectivity index (χ0) is 19.0. The molecule has 8 heteroatoms. The molecule has 3 heterocycles. The summed E-state index contributed by atoms with van der Waals surface area (Å²) in [5.41, 5.74) is 1.38. The minimum absolute atomic E-state index is 0.0466. The van der Waals surface area contributed by atoms with Crippen LogP contribution in [0.5, 0.6) is 0 Å². The average molecular weight is 369 g/mol. The van der Waals surface area contributed by atoms with Crippen LogP contribution in [0.4, 0.5) is 0 Å². The summed E-state index contributed by atoms with van der Waals surface area (Å²) < 4.78 is 1.66. The van der Waals surface area contributed by atoms with E-state index >= 15 is 0 Å². The van der Waals surface area contributed by atoms with Crippen LogP contribution < -0.4 is 11.0 Å². The number of carbonyl (C=O) groups is 2. The van der Waals surface area contributed by atoms with E-state index in [0.717, 1.165) is 24.2 Å². The van der Waals surface area contributed by atoms with Gasteiger partial charge in [0.25, 0.3) is 5.91 Å². The third-order valence-corrected chi connectivity index (χ3v) is 5.58. The quantitative estimate of drug-likeness (QED) is 0.845. The lowest BCUT2D eigenvalue weighted by Gasteiger charge is -2.32. The highest BCUT2D eigenvalue weighted by Crippen LogP contribution is 2.30. The molecule has 1 aromatic carbocycles. The third kappa shape index (κ3) is 3.15. The van der Waals surface area contributed by atoms with Crippen molar-refractivity contribution < 1.29 is 9.59 Å². The summed E-state index contributed by atoms with van der Waals surface area (Å²) in [4.78, 5) is 38.4. The van der Waals surface area contributed by atoms with Gasteiger partial charge in [0.2, 0.25) is 5.91 Å². The Kier molecular flexibility index (Phi) is 4.55. The number of fused-ring (bicyclic) bond motifs is 1. The summed E-state index contributed by atoms with van der Waals surface area (Å²) in [5, 5.41) is 9.59. The van der Waals surface area contributed by atoms with Crippen molar-refractivity contribution >= 4 is 11.8 Å². The molecule has 0 spiro atoms. The predicted molar refractivity (Wildman–Crippen MR) is 98.3 cm³/mol. The fourth-order valence-corrected chi connectivity index (χ4v) is 4.12. The van der Waals surface area contributed by atoms with E-state index in [4.69, 9.17) is 0 Å². The SMILES string of the molecule is CCn1c(C2CCN(C(=O)CC3NC(=O)c4ccccc43)CC2)n[nH]c1=O. The Balaban J connectivity index is 1.38. The first-order valence-corrected chi connectivity index (χ1v) is 9.41. The van der Waals surface area contributed by atoms with Gasteiger partial charge in [0, 0.05) is 31.1 Å². The molecule has 1 aromatic heterocycles. The van der Waals surface area contributed by atoms with E-state index in [2.05, 4.69) is 15.5 Å². The largest absolute Gasteiger partial charge is 0.345 e. The molecular formula is C19H23N5O3. The number of benzene rings is 1. The molecule has 1 fully saturated rings. The van der Waals surface area contributed by atoms with Crippen molar-refractivity contribution in [2.75, 3.05) is 13.1 Å². The Morgan fingerprint density at radius 3 is 2.70 bits per heavy atom. The van der Waals surface area contributed by atoms with Crippen molar-refractivity contribution in [3.05, 3.63) is 51.7 Å². The lowest BCUT2D eigenvalue weighted by Crippen LogP contribution is -2.40. The number of amides is 2. The predicted octanol–water partition coefficient (Wildman–Crippen LogP) is 1.17. The monoisotopic (exact) mass is 369 g/mol. The Hall–Kier alpha value is -2.90. The molecule has 0 aliphatic carbocycles. The van der Waals surface area contributed by atoms with E-state index < -0.39 is 0 Å². The van der Waals surface area contributed by atoms with Crippen molar-refractivity contribution in [2.24, 2.45) is 0 Å². The van der Waals surface area contributed by atoms with Gasteiger partial charge in [0.15, 0.2) is 0 Å². The number of nitrogens with zero attached hydrogens (tertiary/aromatic N) is 3. The Morgan fingerprint density at radius 1 is 1.22 bits per heavy atom. The molecule has 1 saturated heterocycles. The maximum Gasteiger partial charge on any atom is 0.343 e. The fourth-order valence-electron chi connectivity index (χ4n) is 4.12. The number of aromatic nitrogens is 3. The standard InChI is InChI=1S/C19H23N5O3/c1-2-24-17(21-22-19(24)27)12-7-9-23(10-8-12)16(25)11-15-13-5-3-4-6-14(13)18(26)20-15/h3-6,12,15H,2,7-11H2,1H3,(H,20,26)(H,22,27). The molecular weight excluding hydrogens is 346 g/mol. The summed E-state index contributed by atoms with van der Waals surface area (Å²) in [6.45, 7) is 3.78. The van der Waals surface area contributed by atoms with E-state index in [9.17, 15) is 14.4 Å². The van der Waals surface area contributed by atoms with Crippen LogP contribution in [0.3, 0.4) is 0 Å². The van der Waals surface area contributed by atoms with Gasteiger partial charge < -0.3 is 10.2 Å². The van der Waals surface area contributed by atoms with E-state index in [1.165, 1.54) is 0 Å². The number of nitrogens with one attached hydrogen (secondary N) is 2. The summed E-state index contributed by atoms with van der Waals surface area (Å²) in [7, 11) is 0. The normalized spacial score (nSPS) is 19.8. The molecule has 2 aromatic rings. The Labute approximate surface area is 156 Å². The molecule has 0 bridgehead atoms. The highest BCUT2D eigenvalue weighted by atomic mass is 16.2. The van der Waals surface area contributed by atoms with E-state index in [0.29, 0.717) is 25.2 Å². The van der Waals surface area contributed by atoms with Crippen LogP contribution in [0.15, 0.2) is 29.1 Å². The van der Waals surface area contributed by atoms with E-state index in [1.807, 2.05) is 30.0 Å². The molecule has 2 aliphatic rings. The molecule has 1 atom stereocenters. The first kappa shape index (κ1) is 17.5. The van der Waals surface area contributed by atoms with Gasteiger partial charge in [0.1, 0.15) is 5.82 Å². The number of piperidine rings is 1. The van der Waals surface area contributed by atoms with Crippen LogP contribution in [0.25, 0.3) is 0 Å². The zero-order valence-corrected chi connectivity index (χ0v) is 15.3. The number of hydrogen-bond donors (Lipinski definition) is 2. The van der Waals surface area contributed by atoms with Gasteiger partial charge in [-0.2, -0.15) is 5.10 Å². The molecule has 142 valence electrons. The van der Waals surface area contributed by atoms with Gasteiger partial charge in [-0.3, -0.25) is 14.2 Å². The molecule has 8 nitrogen and oxygen atoms in total. The molecule has 1 unspecified atom stereocenters. The molecule has 2 amide bonds. The minimum Gasteiger partial charge on any atom is -0.345 e. The number of likely N-dealkylation sites (tertiary alicyclic amines) is 1. The Morgan fingerprint density at radius 2 is 1.96 bits per heavy atom. The molecule has 4 rings (SSSR count). The van der Waals surface area contributed by atoms with Crippen molar-refractivity contribution in [3.63, 3.8) is 0 Å². The number of rotatable bonds is 4. The molecule has 2 N–H and O–H groups in total. The second-order valence-electron chi connectivity index (χ2n) is 7.10. The van der Waals surface area contributed by atoms with Crippen molar-refractivity contribution in [3.8, 4) is 0 Å². The number of hydrogen-bond acceptors (Lipinski definition) is 4. The first-order valence-electron chi connectivity index (χ1n) is 9.41. The van der Waals surface area contributed by atoms with Crippen LogP contribution in [0.2, 0.25) is 0 Å². The number of H-pyrrole nitrogens is 1. The van der Waals surface area contributed by atoms with Crippen LogP contribution >= 0.6 is 0 Å². The van der Waals surface area contributed by atoms with E-state index in [-0.39, 0.29) is 35.9 Å². The number of carbonyl (C=O) groups excluding carboxylic acids is 2. The first-order chi connectivity index (χ1) is 13.1. The third-order valence-electron chi connectivity index (χ3n) is 5.58. The van der Waals surface area contributed by atoms with Crippen molar-refractivity contribution in [2.45, 2.75) is 44.7 Å². The molecule has 2 aliphatic heterocycles. The van der Waals surface area contributed by atoms with Gasteiger partial charge in [-0.25, -0.2) is 9.89 Å². The second kappa shape index (κ2) is 7.02. The average Bonchev–Trinajstić information content (AvgIpc) is 3.22. The maximum atomic E-state index is 12.7. The smallest absolute Gasteiger partial charge is 0.343 e. The van der Waals surface area contributed by atoms with Gasteiger partial charge in [-0.15, -0.1) is 0 Å². The summed E-state index contributed by atoms with van der Waals surface area (Å²) >= 11 is 0. The second-order valence-corrected chi connectivity index (χ2v) is 7.10. The minimum atomic E-state index is -0.254. The van der Waals surface area contributed by atoms with Gasteiger partial charge >= 0.3 is 5.69 Å². The molecule has 0 radical (unpaired) electrons. The highest BCUT2D eigenvalue weighted by molar-refractivity contribution is 5.99. The van der Waals surface area contributed by atoms with Crippen LogP contribution in [0, 0.1) is 0 Å². The number of aromatic amines is 1. The summed E-state index contributed by atoms with van der Waals surface area (Å²) in [5.74, 6) is 0.898. The van der Waals surface area contributed by atoms with Gasteiger partial charge in [0.05, 0.1) is 12.5 Å². The van der Waals surface area contributed by atoms with Crippen molar-refractivity contribution in [1.29, 1.82) is 0 Å².